The monoisotopic (exact) mass is 281 g/mol. The minimum atomic E-state index is -0.963. The van der Waals surface area contributed by atoms with Gasteiger partial charge in [-0.3, -0.25) is 0 Å². The zero-order chi connectivity index (χ0) is 13.8. The molecule has 1 heterocycles. The van der Waals surface area contributed by atoms with Gasteiger partial charge in [-0.1, -0.05) is 29.8 Å². The van der Waals surface area contributed by atoms with Crippen LogP contribution in [-0.2, 0) is 0 Å². The van der Waals surface area contributed by atoms with Gasteiger partial charge in [-0.15, -0.1) is 0 Å². The van der Waals surface area contributed by atoms with E-state index in [4.69, 9.17) is 11.6 Å². The summed E-state index contributed by atoms with van der Waals surface area (Å²) in [5.74, 6) is 0.581. The number of aryl methyl sites for hydroxylation is 1. The van der Waals surface area contributed by atoms with Crippen LogP contribution in [-0.4, -0.2) is 21.6 Å². The Morgan fingerprint density at radius 2 is 2.11 bits per heavy atom. The standard InChI is InChI=1S/C13H13ClFN3O/c1-8-17-12(14)6-13(18-8)16-7-11(19)9-4-2-3-5-10(9)15/h2-6,11,19H,7H2,1H3,(H,16,17,18)/t11-/m1/s1. The Bertz CT molecular complexity index is 559. The summed E-state index contributed by atoms with van der Waals surface area (Å²) >= 11 is 5.79. The SMILES string of the molecule is Cc1nc(Cl)cc(NC[C@@H](O)c2ccccc2F)n1. The van der Waals surface area contributed by atoms with E-state index in [1.807, 2.05) is 0 Å². The molecule has 0 radical (unpaired) electrons. The fourth-order valence-corrected chi connectivity index (χ4v) is 1.90. The molecule has 0 spiro atoms. The van der Waals surface area contributed by atoms with Gasteiger partial charge in [-0.2, -0.15) is 0 Å². The van der Waals surface area contributed by atoms with Crippen LogP contribution in [0, 0.1) is 12.7 Å². The number of aromatic nitrogens is 2. The minimum Gasteiger partial charge on any atom is -0.386 e. The van der Waals surface area contributed by atoms with Crippen molar-refractivity contribution >= 4 is 17.4 Å². The molecule has 4 nitrogen and oxygen atoms in total. The lowest BCUT2D eigenvalue weighted by Crippen LogP contribution is -2.14. The lowest BCUT2D eigenvalue weighted by molar-refractivity contribution is 0.186. The van der Waals surface area contributed by atoms with Crippen molar-refractivity contribution in [3.05, 3.63) is 52.7 Å². The highest BCUT2D eigenvalue weighted by atomic mass is 35.5. The van der Waals surface area contributed by atoms with Crippen molar-refractivity contribution in [3.8, 4) is 0 Å². The fourth-order valence-electron chi connectivity index (χ4n) is 1.68. The number of rotatable bonds is 4. The maximum absolute atomic E-state index is 13.5. The summed E-state index contributed by atoms with van der Waals surface area (Å²) in [6.07, 6.45) is -0.963. The second-order valence-corrected chi connectivity index (χ2v) is 4.43. The fraction of sp³-hybridized carbons (Fsp3) is 0.231. The van der Waals surface area contributed by atoms with Crippen LogP contribution in [0.5, 0.6) is 0 Å². The van der Waals surface area contributed by atoms with Crippen molar-refractivity contribution in [1.29, 1.82) is 0 Å². The number of hydrogen-bond acceptors (Lipinski definition) is 4. The van der Waals surface area contributed by atoms with E-state index in [1.165, 1.54) is 6.07 Å². The third-order valence-corrected chi connectivity index (χ3v) is 2.74. The van der Waals surface area contributed by atoms with Gasteiger partial charge < -0.3 is 10.4 Å². The molecule has 0 unspecified atom stereocenters. The molecule has 0 saturated heterocycles. The first kappa shape index (κ1) is 13.7. The van der Waals surface area contributed by atoms with Crippen LogP contribution >= 0.6 is 11.6 Å². The molecule has 6 heteroatoms. The van der Waals surface area contributed by atoms with Crippen molar-refractivity contribution < 1.29 is 9.50 Å². The summed E-state index contributed by atoms with van der Waals surface area (Å²) in [7, 11) is 0. The zero-order valence-corrected chi connectivity index (χ0v) is 11.0. The number of aliphatic hydroxyl groups excluding tert-OH is 1. The topological polar surface area (TPSA) is 58.0 Å². The summed E-state index contributed by atoms with van der Waals surface area (Å²) < 4.78 is 13.5. The summed E-state index contributed by atoms with van der Waals surface area (Å²) in [4.78, 5) is 8.04. The van der Waals surface area contributed by atoms with Crippen molar-refractivity contribution in [2.75, 3.05) is 11.9 Å². The van der Waals surface area contributed by atoms with E-state index in [9.17, 15) is 9.50 Å². The molecule has 2 rings (SSSR count). The molecule has 0 fully saturated rings. The largest absolute Gasteiger partial charge is 0.386 e. The van der Waals surface area contributed by atoms with Crippen LogP contribution in [0.15, 0.2) is 30.3 Å². The number of halogens is 2. The molecule has 1 aromatic carbocycles. The number of nitrogens with one attached hydrogen (secondary N) is 1. The lowest BCUT2D eigenvalue weighted by atomic mass is 10.1. The smallest absolute Gasteiger partial charge is 0.134 e. The molecule has 1 atom stereocenters. The van der Waals surface area contributed by atoms with Gasteiger partial charge in [0.2, 0.25) is 0 Å². The summed E-state index contributed by atoms with van der Waals surface area (Å²) in [6.45, 7) is 1.85. The van der Waals surface area contributed by atoms with Crippen LogP contribution in [0.1, 0.15) is 17.5 Å². The van der Waals surface area contributed by atoms with Gasteiger partial charge in [-0.05, 0) is 13.0 Å². The van der Waals surface area contributed by atoms with Crippen molar-refractivity contribution in [3.63, 3.8) is 0 Å². The molecule has 0 saturated carbocycles. The van der Waals surface area contributed by atoms with E-state index >= 15 is 0 Å². The predicted octanol–water partition coefficient (Wildman–Crippen LogP) is 2.72. The molecule has 0 aliphatic rings. The highest BCUT2D eigenvalue weighted by molar-refractivity contribution is 6.29. The second-order valence-electron chi connectivity index (χ2n) is 4.04. The van der Waals surface area contributed by atoms with E-state index in [1.54, 1.807) is 31.2 Å². The molecular formula is C13H13ClFN3O. The van der Waals surface area contributed by atoms with Gasteiger partial charge in [-0.25, -0.2) is 14.4 Å². The second kappa shape index (κ2) is 5.95. The van der Waals surface area contributed by atoms with Crippen LogP contribution in [0.4, 0.5) is 10.2 Å². The maximum atomic E-state index is 13.5. The van der Waals surface area contributed by atoms with Crippen LogP contribution in [0.3, 0.4) is 0 Å². The van der Waals surface area contributed by atoms with Gasteiger partial charge in [0.25, 0.3) is 0 Å². The Labute approximate surface area is 115 Å². The normalized spacial score (nSPS) is 12.2. The van der Waals surface area contributed by atoms with Crippen LogP contribution in [0.25, 0.3) is 0 Å². The van der Waals surface area contributed by atoms with Gasteiger partial charge in [0.05, 0.1) is 6.10 Å². The summed E-state index contributed by atoms with van der Waals surface area (Å²) in [6, 6.07) is 7.65. The first-order valence-electron chi connectivity index (χ1n) is 5.74. The molecule has 0 bridgehead atoms. The molecule has 2 aromatic rings. The molecular weight excluding hydrogens is 269 g/mol. The van der Waals surface area contributed by atoms with E-state index < -0.39 is 11.9 Å². The van der Waals surface area contributed by atoms with Crippen molar-refractivity contribution in [2.45, 2.75) is 13.0 Å². The Morgan fingerprint density at radius 3 is 2.79 bits per heavy atom. The lowest BCUT2D eigenvalue weighted by Gasteiger charge is -2.13. The van der Waals surface area contributed by atoms with E-state index in [0.717, 1.165) is 0 Å². The van der Waals surface area contributed by atoms with Crippen LogP contribution < -0.4 is 5.32 Å². The highest BCUT2D eigenvalue weighted by Crippen LogP contribution is 2.18. The quantitative estimate of drug-likeness (QED) is 0.846. The van der Waals surface area contributed by atoms with Gasteiger partial charge in [0.1, 0.15) is 22.6 Å². The maximum Gasteiger partial charge on any atom is 0.134 e. The molecule has 0 aliphatic carbocycles. The molecule has 2 N–H and O–H groups in total. The molecule has 0 aliphatic heterocycles. The van der Waals surface area contributed by atoms with Gasteiger partial charge in [0.15, 0.2) is 0 Å². The molecule has 1 aromatic heterocycles. The Hall–Kier alpha value is -1.72. The predicted molar refractivity (Wildman–Crippen MR) is 71.6 cm³/mol. The number of nitrogens with zero attached hydrogens (tertiary/aromatic N) is 2. The van der Waals surface area contributed by atoms with Crippen LogP contribution in [0.2, 0.25) is 5.15 Å². The molecule has 0 amide bonds. The third-order valence-electron chi connectivity index (χ3n) is 2.55. The van der Waals surface area contributed by atoms with E-state index in [0.29, 0.717) is 16.8 Å². The van der Waals surface area contributed by atoms with Gasteiger partial charge >= 0.3 is 0 Å². The summed E-state index contributed by atoms with van der Waals surface area (Å²) in [5, 5.41) is 13.1. The van der Waals surface area contributed by atoms with Crippen molar-refractivity contribution in [1.82, 2.24) is 9.97 Å². The Kier molecular flexibility index (Phi) is 4.29. The van der Waals surface area contributed by atoms with E-state index in [-0.39, 0.29) is 12.1 Å². The zero-order valence-electron chi connectivity index (χ0n) is 10.3. The number of aliphatic hydroxyl groups is 1. The number of hydrogen-bond donors (Lipinski definition) is 2. The molecule has 100 valence electrons. The molecule has 19 heavy (non-hydrogen) atoms. The van der Waals surface area contributed by atoms with Crippen molar-refractivity contribution in [2.24, 2.45) is 0 Å². The first-order valence-corrected chi connectivity index (χ1v) is 6.11. The number of benzene rings is 1. The minimum absolute atomic E-state index is 0.133. The first-order chi connectivity index (χ1) is 9.06. The third kappa shape index (κ3) is 3.62. The van der Waals surface area contributed by atoms with E-state index in [2.05, 4.69) is 15.3 Å². The summed E-state index contributed by atoms with van der Waals surface area (Å²) in [5.41, 5.74) is 0.242. The average Bonchev–Trinajstić information content (AvgIpc) is 2.35. The Balaban J connectivity index is 2.04. The Morgan fingerprint density at radius 1 is 1.37 bits per heavy atom. The average molecular weight is 282 g/mol. The number of anilines is 1. The van der Waals surface area contributed by atoms with Gasteiger partial charge in [0, 0.05) is 18.2 Å². The highest BCUT2D eigenvalue weighted by Gasteiger charge is 2.12.